The number of rotatable bonds is 12. The molecule has 8 aliphatic rings. The fraction of sp³-hybridized carbons (Fsp3) is 0.583. The number of aromatic hydroxyl groups is 2. The summed E-state index contributed by atoms with van der Waals surface area (Å²) in [6.07, 6.45) is -4.77. The van der Waals surface area contributed by atoms with Crippen molar-refractivity contribution in [3.05, 3.63) is 51.6 Å². The monoisotopic (exact) mass is 1010 g/mol. The molecule has 6 fully saturated rings. The maximum absolute atomic E-state index is 14.2. The number of carbonyl (C=O) groups excluding carboxylic acids is 8. The molecule has 0 radical (unpaired) electrons. The molecule has 22 nitrogen and oxygen atoms in total. The van der Waals surface area contributed by atoms with E-state index in [9.17, 15) is 58.8 Å². The molecule has 4 N–H and O–H groups in total. The van der Waals surface area contributed by atoms with Crippen molar-refractivity contribution in [2.75, 3.05) is 33.9 Å². The number of hydroxylamine groups is 2. The SMILES string of the molecule is COc1cccc2c1C(=O)c1c(O)c3c(c(O)c1C2=O)C[C@@](O)(C(=O)CO)C[C@@H]3O[C@H]1C[C@H]2[C@H](O[C@@H]3[C@@H](OC)OC(SC4CC(=O)N(CC5CCC(C(=O)ON6C(=O)CCC6=O)CC5)C4=O)CN32)[C@H](C)O1. The molecule has 3 aliphatic carbocycles. The van der Waals surface area contributed by atoms with Crippen LogP contribution in [0.5, 0.6) is 17.2 Å². The predicted octanol–water partition coefficient (Wildman–Crippen LogP) is 1.31. The van der Waals surface area contributed by atoms with Gasteiger partial charge in [0.15, 0.2) is 30.4 Å². The Kier molecular flexibility index (Phi) is 13.1. The van der Waals surface area contributed by atoms with Crippen molar-refractivity contribution in [1.29, 1.82) is 0 Å². The number of ketones is 3. The van der Waals surface area contributed by atoms with Gasteiger partial charge in [-0.05, 0) is 44.6 Å². The van der Waals surface area contributed by atoms with E-state index in [1.807, 2.05) is 4.90 Å². The van der Waals surface area contributed by atoms with Gasteiger partial charge in [0.25, 0.3) is 11.8 Å². The number of nitrogens with zero attached hydrogens (tertiary/aromatic N) is 3. The minimum Gasteiger partial charge on any atom is -0.507 e. The standard InChI is InChI=1S/C48H53N3O19S/c1-20-43-25(13-33(66-20)67-27-16-48(63,29(53)19-52)15-24-36(27)42(60)38-37(40(24)58)39(57)23-5-4-6-26(64-2)35(23)41(38)59)49-18-34(68-47(65-3)45(49)69-43)71-28-14-32(56)50(44(28)61)17-21-7-9-22(10-8-21)46(62)70-51-30(54)11-12-31(51)55/h4-6,20-22,25,27-28,33-34,43,45,47,52,58,60,63H,7-19H2,1-3H3/t20-,21?,22?,25-,27-,28?,33-,34?,43+,45+,47-,48-/m0/s1. The molecule has 2 unspecified atom stereocenters. The van der Waals surface area contributed by atoms with Crippen molar-refractivity contribution in [3.8, 4) is 17.2 Å². The highest BCUT2D eigenvalue weighted by molar-refractivity contribution is 8.01. The molecule has 0 bridgehead atoms. The molecule has 2 aromatic rings. The van der Waals surface area contributed by atoms with E-state index < -0.39 is 143 Å². The van der Waals surface area contributed by atoms with Gasteiger partial charge in [-0.1, -0.05) is 12.1 Å². The molecule has 380 valence electrons. The van der Waals surface area contributed by atoms with Gasteiger partial charge in [0.2, 0.25) is 17.6 Å². The first-order valence-corrected chi connectivity index (χ1v) is 24.6. The van der Waals surface area contributed by atoms with E-state index in [1.165, 1.54) is 49.1 Å². The molecule has 4 amide bonds. The van der Waals surface area contributed by atoms with Crippen molar-refractivity contribution in [2.45, 2.75) is 131 Å². The number of morpholine rings is 1. The summed E-state index contributed by atoms with van der Waals surface area (Å²) in [6, 6.07) is 3.89. The third-order valence-corrected chi connectivity index (χ3v) is 16.4. The number of Topliss-reactive ketones (excluding diaryl/α,β-unsaturated/α-hetero) is 1. The van der Waals surface area contributed by atoms with Gasteiger partial charge in [-0.3, -0.25) is 43.4 Å². The highest BCUT2D eigenvalue weighted by atomic mass is 32.2. The lowest BCUT2D eigenvalue weighted by Crippen LogP contribution is -2.57. The molecule has 0 aromatic heterocycles. The average molecular weight is 1010 g/mol. The van der Waals surface area contributed by atoms with Gasteiger partial charge in [0.05, 0.1) is 47.2 Å². The largest absolute Gasteiger partial charge is 0.507 e. The summed E-state index contributed by atoms with van der Waals surface area (Å²) in [5.41, 5.74) is -4.64. The highest BCUT2D eigenvalue weighted by Crippen LogP contribution is 2.53. The molecule has 10 rings (SSSR count). The fourth-order valence-electron chi connectivity index (χ4n) is 11.6. The minimum absolute atomic E-state index is 0.00671. The number of methoxy groups -OCH3 is 2. The lowest BCUT2D eigenvalue weighted by Gasteiger charge is -2.44. The van der Waals surface area contributed by atoms with Crippen LogP contribution in [-0.4, -0.2) is 169 Å². The molecule has 5 aliphatic heterocycles. The molecule has 71 heavy (non-hydrogen) atoms. The number of thioether (sulfide) groups is 1. The van der Waals surface area contributed by atoms with E-state index in [-0.39, 0.29) is 84.5 Å². The number of likely N-dealkylation sites (tertiary alicyclic amines) is 1. The van der Waals surface area contributed by atoms with Gasteiger partial charge in [-0.25, -0.2) is 4.79 Å². The number of hydrogen-bond acceptors (Lipinski definition) is 21. The summed E-state index contributed by atoms with van der Waals surface area (Å²) in [5.74, 6) is -7.07. The molecule has 10 atom stereocenters. The Morgan fingerprint density at radius 1 is 0.901 bits per heavy atom. The second kappa shape index (κ2) is 18.9. The van der Waals surface area contributed by atoms with Crippen molar-refractivity contribution < 1.29 is 92.0 Å². The predicted molar refractivity (Wildman–Crippen MR) is 238 cm³/mol. The zero-order valence-electron chi connectivity index (χ0n) is 38.9. The summed E-state index contributed by atoms with van der Waals surface area (Å²) in [6.45, 7) is 1.06. The number of fused-ring (bicyclic) bond motifs is 6. The lowest BCUT2D eigenvalue weighted by atomic mass is 9.72. The summed E-state index contributed by atoms with van der Waals surface area (Å²) < 4.78 is 36.8. The molecule has 1 saturated carbocycles. The van der Waals surface area contributed by atoms with Crippen LogP contribution in [-0.2, 0) is 63.7 Å². The van der Waals surface area contributed by atoms with Crippen molar-refractivity contribution >= 4 is 58.7 Å². The normalized spacial score (nSPS) is 33.7. The zero-order chi connectivity index (χ0) is 50.4. The Morgan fingerprint density at radius 2 is 1.62 bits per heavy atom. The van der Waals surface area contributed by atoms with Gasteiger partial charge < -0.3 is 53.7 Å². The van der Waals surface area contributed by atoms with Gasteiger partial charge in [-0.15, -0.1) is 16.8 Å². The second-order valence-electron chi connectivity index (χ2n) is 19.3. The Morgan fingerprint density at radius 3 is 2.31 bits per heavy atom. The summed E-state index contributed by atoms with van der Waals surface area (Å²) in [5, 5.41) is 45.3. The number of phenolic OH excluding ortho intramolecular Hbond substituents is 2. The van der Waals surface area contributed by atoms with Crippen LogP contribution in [0.1, 0.15) is 114 Å². The number of phenols is 2. The van der Waals surface area contributed by atoms with Gasteiger partial charge in [0.1, 0.15) is 41.0 Å². The third kappa shape index (κ3) is 8.41. The number of aliphatic hydroxyl groups is 2. The van der Waals surface area contributed by atoms with Crippen LogP contribution in [0.25, 0.3) is 0 Å². The first kappa shape index (κ1) is 49.2. The molecule has 5 heterocycles. The highest BCUT2D eigenvalue weighted by Gasteiger charge is 2.57. The Bertz CT molecular complexity index is 2600. The van der Waals surface area contributed by atoms with Gasteiger partial charge in [0, 0.05) is 81.5 Å². The molecule has 5 saturated heterocycles. The van der Waals surface area contributed by atoms with E-state index in [4.69, 9.17) is 33.3 Å². The number of ether oxygens (including phenoxy) is 6. The van der Waals surface area contributed by atoms with Crippen molar-refractivity contribution in [1.82, 2.24) is 14.9 Å². The van der Waals surface area contributed by atoms with Crippen LogP contribution in [0.15, 0.2) is 18.2 Å². The third-order valence-electron chi connectivity index (χ3n) is 15.2. The number of aliphatic hydroxyl groups excluding tert-OH is 1. The number of amides is 4. The van der Waals surface area contributed by atoms with Gasteiger partial charge in [-0.2, -0.15) is 0 Å². The topological polar surface area (TPSA) is 292 Å². The van der Waals surface area contributed by atoms with Gasteiger partial charge >= 0.3 is 5.97 Å². The lowest BCUT2D eigenvalue weighted by molar-refractivity contribution is -0.259. The number of carbonyl (C=O) groups is 8. The second-order valence-corrected chi connectivity index (χ2v) is 20.7. The fourth-order valence-corrected chi connectivity index (χ4v) is 12.8. The van der Waals surface area contributed by atoms with Crippen LogP contribution in [0.3, 0.4) is 0 Å². The summed E-state index contributed by atoms with van der Waals surface area (Å²) in [4.78, 5) is 114. The Hall–Kier alpha value is -5.37. The van der Waals surface area contributed by atoms with Crippen molar-refractivity contribution in [2.24, 2.45) is 11.8 Å². The molecular weight excluding hydrogens is 955 g/mol. The average Bonchev–Trinajstić information content (AvgIpc) is 3.98. The van der Waals surface area contributed by atoms with Crippen molar-refractivity contribution in [3.63, 3.8) is 0 Å². The van der Waals surface area contributed by atoms with E-state index in [0.717, 1.165) is 0 Å². The Balaban J connectivity index is 0.834. The molecular formula is C48H53N3O19S. The summed E-state index contributed by atoms with van der Waals surface area (Å²) >= 11 is 1.19. The quantitative estimate of drug-likeness (QED) is 0.147. The number of hydrogen-bond donors (Lipinski definition) is 4. The minimum atomic E-state index is -2.35. The van der Waals surface area contributed by atoms with E-state index in [0.29, 0.717) is 30.7 Å². The van der Waals surface area contributed by atoms with Crippen LogP contribution in [0.2, 0.25) is 0 Å². The first-order chi connectivity index (χ1) is 33.9. The summed E-state index contributed by atoms with van der Waals surface area (Å²) in [7, 11) is 2.76. The van der Waals surface area contributed by atoms with E-state index in [2.05, 4.69) is 0 Å². The van der Waals surface area contributed by atoms with Crippen LogP contribution < -0.4 is 4.74 Å². The van der Waals surface area contributed by atoms with E-state index in [1.54, 1.807) is 6.92 Å². The first-order valence-electron chi connectivity index (χ1n) is 23.7. The maximum atomic E-state index is 14.2. The molecule has 0 spiro atoms. The Labute approximate surface area is 409 Å². The number of benzene rings is 2. The number of imide groups is 2. The maximum Gasteiger partial charge on any atom is 0.336 e. The van der Waals surface area contributed by atoms with E-state index >= 15 is 0 Å². The molecule has 2 aromatic carbocycles. The van der Waals surface area contributed by atoms with Crippen LogP contribution >= 0.6 is 11.8 Å². The smallest absolute Gasteiger partial charge is 0.336 e. The van der Waals surface area contributed by atoms with Crippen LogP contribution in [0.4, 0.5) is 0 Å². The van der Waals surface area contributed by atoms with Crippen LogP contribution in [0, 0.1) is 11.8 Å². The molecule has 23 heteroatoms. The zero-order valence-corrected chi connectivity index (χ0v) is 39.8.